The monoisotopic (exact) mass is 292 g/mol. The molecule has 0 aromatic carbocycles. The van der Waals surface area contributed by atoms with E-state index in [2.05, 4.69) is 15.4 Å². The van der Waals surface area contributed by atoms with Gasteiger partial charge in [-0.1, -0.05) is 6.92 Å². The topological polar surface area (TPSA) is 87.4 Å². The van der Waals surface area contributed by atoms with E-state index in [-0.39, 0.29) is 5.91 Å². The summed E-state index contributed by atoms with van der Waals surface area (Å²) in [7, 11) is 1.88. The molecule has 0 saturated carbocycles. The van der Waals surface area contributed by atoms with Gasteiger partial charge in [0.15, 0.2) is 0 Å². The fraction of sp³-hybridized carbons (Fsp3) is 0.643. The second kappa shape index (κ2) is 6.71. The van der Waals surface area contributed by atoms with E-state index < -0.39 is 0 Å². The van der Waals surface area contributed by atoms with Crippen molar-refractivity contribution >= 4 is 17.5 Å². The summed E-state index contributed by atoms with van der Waals surface area (Å²) in [6.07, 6.45) is 2.92. The van der Waals surface area contributed by atoms with Gasteiger partial charge < -0.3 is 15.2 Å². The molecule has 0 aliphatic carbocycles. The summed E-state index contributed by atoms with van der Waals surface area (Å²) < 4.78 is 0. The van der Waals surface area contributed by atoms with Crippen LogP contribution in [0.4, 0.5) is 11.6 Å². The van der Waals surface area contributed by atoms with Gasteiger partial charge in [-0.05, 0) is 19.8 Å². The Hall–Kier alpha value is -1.89. The minimum atomic E-state index is 0.147. The number of hydrazine groups is 1. The van der Waals surface area contributed by atoms with Crippen molar-refractivity contribution in [3.63, 3.8) is 0 Å². The van der Waals surface area contributed by atoms with E-state index in [9.17, 15) is 4.79 Å². The van der Waals surface area contributed by atoms with Gasteiger partial charge in [-0.15, -0.1) is 0 Å². The van der Waals surface area contributed by atoms with Gasteiger partial charge in [-0.2, -0.15) is 0 Å². The minimum absolute atomic E-state index is 0.147. The number of carbonyl (C=O) groups is 1. The smallest absolute Gasteiger partial charge is 0.242 e. The van der Waals surface area contributed by atoms with Crippen LogP contribution in [0.2, 0.25) is 0 Å². The second-order valence-corrected chi connectivity index (χ2v) is 5.38. The van der Waals surface area contributed by atoms with Crippen LogP contribution in [-0.2, 0) is 11.2 Å². The average Bonchev–Trinajstić information content (AvgIpc) is 3.01. The van der Waals surface area contributed by atoms with Gasteiger partial charge in [0.1, 0.15) is 17.5 Å². The van der Waals surface area contributed by atoms with E-state index >= 15 is 0 Å². The summed E-state index contributed by atoms with van der Waals surface area (Å²) in [4.78, 5) is 24.9. The van der Waals surface area contributed by atoms with Crippen LogP contribution < -0.4 is 16.2 Å². The summed E-state index contributed by atoms with van der Waals surface area (Å²) >= 11 is 0. The van der Waals surface area contributed by atoms with Crippen LogP contribution in [0.1, 0.15) is 31.2 Å². The van der Waals surface area contributed by atoms with Crippen molar-refractivity contribution < 1.29 is 4.79 Å². The molecule has 3 N–H and O–H groups in total. The van der Waals surface area contributed by atoms with E-state index in [0.717, 1.165) is 43.7 Å². The number of hydrogen-bond donors (Lipinski definition) is 2. The number of rotatable bonds is 5. The van der Waals surface area contributed by atoms with E-state index in [1.807, 2.05) is 30.7 Å². The van der Waals surface area contributed by atoms with Crippen LogP contribution in [0.25, 0.3) is 0 Å². The largest absolute Gasteiger partial charge is 0.350 e. The number of likely N-dealkylation sites (tertiary alicyclic amines) is 1. The third kappa shape index (κ3) is 3.41. The Morgan fingerprint density at radius 3 is 2.62 bits per heavy atom. The van der Waals surface area contributed by atoms with Crippen molar-refractivity contribution in [1.82, 2.24) is 14.9 Å². The minimum Gasteiger partial charge on any atom is -0.350 e. The van der Waals surface area contributed by atoms with Gasteiger partial charge in [0.25, 0.3) is 0 Å². The number of nitrogen functional groups attached to an aromatic ring is 1. The number of nitrogens with zero attached hydrogens (tertiary/aromatic N) is 4. The van der Waals surface area contributed by atoms with Gasteiger partial charge in [-0.25, -0.2) is 15.8 Å². The third-order valence-electron chi connectivity index (χ3n) is 3.81. The highest BCUT2D eigenvalue weighted by molar-refractivity contribution is 5.81. The number of carbonyl (C=O) groups excluding carboxylic acids is 1. The number of aryl methyl sites for hydroxylation is 1. The Bertz CT molecular complexity index is 512. The average molecular weight is 292 g/mol. The molecule has 1 aliphatic rings. The molecule has 1 saturated heterocycles. The quantitative estimate of drug-likeness (QED) is 0.613. The molecular weight excluding hydrogens is 268 g/mol. The van der Waals surface area contributed by atoms with Gasteiger partial charge in [-0.3, -0.25) is 4.79 Å². The number of hydrogen-bond acceptors (Lipinski definition) is 6. The van der Waals surface area contributed by atoms with E-state index in [0.29, 0.717) is 18.2 Å². The molecule has 2 heterocycles. The molecular formula is C14H24N6O. The van der Waals surface area contributed by atoms with E-state index in [1.54, 1.807) is 0 Å². The fourth-order valence-corrected chi connectivity index (χ4v) is 2.56. The molecule has 21 heavy (non-hydrogen) atoms. The van der Waals surface area contributed by atoms with Gasteiger partial charge in [0.2, 0.25) is 5.91 Å². The Balaban J connectivity index is 2.17. The standard InChI is InChI=1S/C14H24N6O/c1-4-11-16-13(18-15)10(2)14(17-11)19(3)9-12(21)20-7-5-6-8-20/h4-9,15H2,1-3H3,(H,16,17,18). The lowest BCUT2D eigenvalue weighted by molar-refractivity contribution is -0.128. The molecule has 1 aromatic rings. The molecule has 0 spiro atoms. The number of anilines is 2. The number of nitrogens with two attached hydrogens (primary N) is 1. The van der Waals surface area contributed by atoms with Crippen molar-refractivity contribution in [2.24, 2.45) is 5.84 Å². The first-order valence-electron chi connectivity index (χ1n) is 7.39. The fourth-order valence-electron chi connectivity index (χ4n) is 2.56. The Labute approximate surface area is 125 Å². The highest BCUT2D eigenvalue weighted by Crippen LogP contribution is 2.22. The Kier molecular flexibility index (Phi) is 4.95. The molecule has 116 valence electrons. The van der Waals surface area contributed by atoms with Crippen LogP contribution in [0.5, 0.6) is 0 Å². The lowest BCUT2D eigenvalue weighted by Crippen LogP contribution is -2.38. The lowest BCUT2D eigenvalue weighted by Gasteiger charge is -2.24. The van der Waals surface area contributed by atoms with E-state index in [1.165, 1.54) is 0 Å². The summed E-state index contributed by atoms with van der Waals surface area (Å²) in [5.41, 5.74) is 3.45. The maximum absolute atomic E-state index is 12.2. The van der Waals surface area contributed by atoms with Crippen molar-refractivity contribution in [3.8, 4) is 0 Å². The van der Waals surface area contributed by atoms with Gasteiger partial charge >= 0.3 is 0 Å². The molecule has 1 aromatic heterocycles. The van der Waals surface area contributed by atoms with Gasteiger partial charge in [0.05, 0.1) is 6.54 Å². The zero-order valence-corrected chi connectivity index (χ0v) is 13.0. The molecule has 1 amide bonds. The summed E-state index contributed by atoms with van der Waals surface area (Å²) in [5, 5.41) is 0. The van der Waals surface area contributed by atoms with Gasteiger partial charge in [0, 0.05) is 32.1 Å². The number of likely N-dealkylation sites (N-methyl/N-ethyl adjacent to an activating group) is 1. The zero-order valence-electron chi connectivity index (χ0n) is 13.0. The molecule has 7 heteroatoms. The molecule has 0 bridgehead atoms. The van der Waals surface area contributed by atoms with Crippen molar-refractivity contribution in [3.05, 3.63) is 11.4 Å². The second-order valence-electron chi connectivity index (χ2n) is 5.38. The molecule has 1 fully saturated rings. The number of nitrogens with one attached hydrogen (secondary N) is 1. The Morgan fingerprint density at radius 2 is 2.05 bits per heavy atom. The lowest BCUT2D eigenvalue weighted by atomic mass is 10.2. The molecule has 0 unspecified atom stereocenters. The summed E-state index contributed by atoms with van der Waals surface area (Å²) in [6, 6.07) is 0. The zero-order chi connectivity index (χ0) is 15.4. The highest BCUT2D eigenvalue weighted by atomic mass is 16.2. The van der Waals surface area contributed by atoms with Crippen molar-refractivity contribution in [1.29, 1.82) is 0 Å². The van der Waals surface area contributed by atoms with Crippen LogP contribution in [0.3, 0.4) is 0 Å². The maximum Gasteiger partial charge on any atom is 0.242 e. The highest BCUT2D eigenvalue weighted by Gasteiger charge is 2.21. The third-order valence-corrected chi connectivity index (χ3v) is 3.81. The van der Waals surface area contributed by atoms with Crippen molar-refractivity contribution in [2.45, 2.75) is 33.1 Å². The summed E-state index contributed by atoms with van der Waals surface area (Å²) in [5.74, 6) is 7.73. The molecule has 0 atom stereocenters. The number of amides is 1. The molecule has 0 radical (unpaired) electrons. The number of aromatic nitrogens is 2. The normalized spacial score (nSPS) is 14.4. The van der Waals surface area contributed by atoms with E-state index in [4.69, 9.17) is 5.84 Å². The molecule has 2 rings (SSSR count). The van der Waals surface area contributed by atoms with Crippen molar-refractivity contribution in [2.75, 3.05) is 37.0 Å². The Morgan fingerprint density at radius 1 is 1.38 bits per heavy atom. The summed E-state index contributed by atoms with van der Waals surface area (Å²) in [6.45, 7) is 5.95. The van der Waals surface area contributed by atoms with Crippen LogP contribution in [-0.4, -0.2) is 47.5 Å². The SMILES string of the molecule is CCc1nc(NN)c(C)c(N(C)CC(=O)N2CCCC2)n1. The first-order chi connectivity index (χ1) is 10.1. The first-order valence-corrected chi connectivity index (χ1v) is 7.39. The molecule has 7 nitrogen and oxygen atoms in total. The van der Waals surface area contributed by atoms with Crippen LogP contribution >= 0.6 is 0 Å². The molecule has 1 aliphatic heterocycles. The predicted octanol–water partition coefficient (Wildman–Crippen LogP) is 0.692. The maximum atomic E-state index is 12.2. The van der Waals surface area contributed by atoms with Crippen LogP contribution in [0.15, 0.2) is 0 Å². The van der Waals surface area contributed by atoms with Crippen LogP contribution in [0, 0.1) is 6.92 Å². The predicted molar refractivity (Wildman–Crippen MR) is 83.0 cm³/mol. The first kappa shape index (κ1) is 15.5.